The molecule has 0 aromatic rings. The lowest BCUT2D eigenvalue weighted by molar-refractivity contribution is -0.870. The minimum Gasteiger partial charge on any atom is -0.756 e. The molecule has 0 aromatic carbocycles. The van der Waals surface area contributed by atoms with Crippen molar-refractivity contribution in [2.75, 3.05) is 47.5 Å². The van der Waals surface area contributed by atoms with Crippen molar-refractivity contribution >= 4 is 19.8 Å². The van der Waals surface area contributed by atoms with Crippen molar-refractivity contribution < 1.29 is 42.1 Å². The van der Waals surface area contributed by atoms with Gasteiger partial charge in [-0.05, 0) is 77.0 Å². The van der Waals surface area contributed by atoms with E-state index in [9.17, 15) is 19.0 Å². The van der Waals surface area contributed by atoms with Gasteiger partial charge in [0, 0.05) is 12.8 Å². The van der Waals surface area contributed by atoms with Crippen LogP contribution in [-0.4, -0.2) is 70.0 Å². The van der Waals surface area contributed by atoms with E-state index in [0.717, 1.165) is 51.4 Å². The molecule has 0 radical (unpaired) electrons. The zero-order valence-electron chi connectivity index (χ0n) is 49.3. The van der Waals surface area contributed by atoms with Crippen LogP contribution in [0.1, 0.15) is 296 Å². The molecule has 0 heterocycles. The second-order valence-corrected chi connectivity index (χ2v) is 23.8. The lowest BCUT2D eigenvalue weighted by atomic mass is 10.0. The molecular formula is C64H120NO8P. The first-order chi connectivity index (χ1) is 36.0. The van der Waals surface area contributed by atoms with Crippen LogP contribution in [0.2, 0.25) is 0 Å². The molecule has 2 unspecified atom stereocenters. The van der Waals surface area contributed by atoms with Crippen molar-refractivity contribution in [1.29, 1.82) is 0 Å². The molecule has 0 saturated heterocycles. The van der Waals surface area contributed by atoms with Crippen LogP contribution < -0.4 is 4.89 Å². The van der Waals surface area contributed by atoms with Gasteiger partial charge < -0.3 is 27.9 Å². The fourth-order valence-electron chi connectivity index (χ4n) is 8.95. The second kappa shape index (κ2) is 55.7. The summed E-state index contributed by atoms with van der Waals surface area (Å²) in [5.74, 6) is -0.823. The van der Waals surface area contributed by atoms with Crippen LogP contribution in [0.3, 0.4) is 0 Å². The van der Waals surface area contributed by atoms with Crippen molar-refractivity contribution in [1.82, 2.24) is 0 Å². The minimum atomic E-state index is -4.64. The fraction of sp³-hybridized carbons (Fsp3) is 0.844. The largest absolute Gasteiger partial charge is 0.756 e. The summed E-state index contributed by atoms with van der Waals surface area (Å²) < 4.78 is 34.2. The molecule has 0 fully saturated rings. The third-order valence-electron chi connectivity index (χ3n) is 13.8. The van der Waals surface area contributed by atoms with Gasteiger partial charge >= 0.3 is 11.9 Å². The Morgan fingerprint density at radius 3 is 1.07 bits per heavy atom. The molecule has 0 N–H and O–H groups in total. The molecule has 2 atom stereocenters. The number of esters is 2. The summed E-state index contributed by atoms with van der Waals surface area (Å²) >= 11 is 0. The van der Waals surface area contributed by atoms with Crippen LogP contribution in [0.15, 0.2) is 48.6 Å². The van der Waals surface area contributed by atoms with Crippen LogP contribution in [0.25, 0.3) is 0 Å². The number of phosphoric ester groups is 1. The average Bonchev–Trinajstić information content (AvgIpc) is 3.36. The fourth-order valence-corrected chi connectivity index (χ4v) is 9.68. The molecule has 0 aliphatic carbocycles. The van der Waals surface area contributed by atoms with Gasteiger partial charge in [-0.3, -0.25) is 14.2 Å². The van der Waals surface area contributed by atoms with E-state index in [0.29, 0.717) is 17.4 Å². The third kappa shape index (κ3) is 59.2. The highest BCUT2D eigenvalue weighted by molar-refractivity contribution is 7.45. The summed E-state index contributed by atoms with van der Waals surface area (Å²) in [4.78, 5) is 38.0. The number of likely N-dealkylation sites (N-methyl/N-ethyl adjacent to an activating group) is 1. The van der Waals surface area contributed by atoms with Gasteiger partial charge in [-0.1, -0.05) is 255 Å². The maximum Gasteiger partial charge on any atom is 0.306 e. The molecule has 0 spiro atoms. The minimum absolute atomic E-state index is 0.0306. The average molecular weight is 1060 g/mol. The zero-order chi connectivity index (χ0) is 54.2. The summed E-state index contributed by atoms with van der Waals surface area (Å²) in [6, 6.07) is 0. The predicted octanol–water partition coefficient (Wildman–Crippen LogP) is 19.1. The summed E-state index contributed by atoms with van der Waals surface area (Å²) in [5.41, 5.74) is 0. The summed E-state index contributed by atoms with van der Waals surface area (Å²) in [6.45, 7) is 4.26. The topological polar surface area (TPSA) is 111 Å². The zero-order valence-corrected chi connectivity index (χ0v) is 50.2. The van der Waals surface area contributed by atoms with Crippen LogP contribution in [0, 0.1) is 0 Å². The van der Waals surface area contributed by atoms with Crippen LogP contribution in [-0.2, 0) is 32.7 Å². The second-order valence-electron chi connectivity index (χ2n) is 22.4. The van der Waals surface area contributed by atoms with Crippen molar-refractivity contribution in [2.24, 2.45) is 0 Å². The van der Waals surface area contributed by atoms with Gasteiger partial charge in [-0.15, -0.1) is 0 Å². The Morgan fingerprint density at radius 1 is 0.419 bits per heavy atom. The molecule has 0 saturated carbocycles. The standard InChI is InChI=1S/C64H120NO8P/c1-6-8-10-12-14-16-18-20-22-24-26-28-30-32-34-36-38-40-42-44-46-48-50-52-54-56-63(66)70-60-62(61-72-74(68,69)71-59-58-65(3,4)5)73-64(67)57-55-53-51-49-47-45-43-41-39-37-35-33-31-29-27-25-23-21-19-17-15-13-11-9-7-2/h18-21,24-27,62H,6-17,22-23,28-61H2,1-5H3/b20-18-,21-19-,26-24-,27-25-. The van der Waals surface area contributed by atoms with E-state index in [1.165, 1.54) is 212 Å². The number of phosphoric acid groups is 1. The summed E-state index contributed by atoms with van der Waals surface area (Å²) in [7, 11) is 1.17. The van der Waals surface area contributed by atoms with Gasteiger partial charge in [-0.25, -0.2) is 0 Å². The normalized spacial score (nSPS) is 13.5. The molecule has 74 heavy (non-hydrogen) atoms. The summed E-state index contributed by atoms with van der Waals surface area (Å²) in [6.07, 6.45) is 70.2. The van der Waals surface area contributed by atoms with Crippen molar-refractivity contribution in [3.8, 4) is 0 Å². The Bertz CT molecular complexity index is 1390. The Balaban J connectivity index is 4.11. The van der Waals surface area contributed by atoms with Gasteiger partial charge in [0.25, 0.3) is 7.82 Å². The first-order valence-corrected chi connectivity index (χ1v) is 32.8. The van der Waals surface area contributed by atoms with Crippen molar-refractivity contribution in [2.45, 2.75) is 302 Å². The van der Waals surface area contributed by atoms with Gasteiger partial charge in [0.05, 0.1) is 27.7 Å². The van der Waals surface area contributed by atoms with Gasteiger partial charge in [0.15, 0.2) is 6.10 Å². The number of unbranched alkanes of at least 4 members (excludes halogenated alkanes) is 36. The number of rotatable bonds is 58. The number of hydrogen-bond donors (Lipinski definition) is 0. The highest BCUT2D eigenvalue weighted by atomic mass is 31.2. The van der Waals surface area contributed by atoms with Crippen molar-refractivity contribution in [3.63, 3.8) is 0 Å². The Morgan fingerprint density at radius 2 is 0.730 bits per heavy atom. The molecule has 0 aliphatic heterocycles. The lowest BCUT2D eigenvalue weighted by Gasteiger charge is -2.28. The Kier molecular flexibility index (Phi) is 54.2. The number of nitrogens with zero attached hydrogens (tertiary/aromatic N) is 1. The Hall–Kier alpha value is -2.03. The molecule has 10 heteroatoms. The van der Waals surface area contributed by atoms with Gasteiger partial charge in [-0.2, -0.15) is 0 Å². The quantitative estimate of drug-likeness (QED) is 0.0195. The smallest absolute Gasteiger partial charge is 0.306 e. The molecule has 0 bridgehead atoms. The van der Waals surface area contributed by atoms with E-state index in [2.05, 4.69) is 62.5 Å². The monoisotopic (exact) mass is 1060 g/mol. The molecule has 0 aromatic heterocycles. The van der Waals surface area contributed by atoms with E-state index in [-0.39, 0.29) is 32.0 Å². The molecule has 0 amide bonds. The molecule has 434 valence electrons. The van der Waals surface area contributed by atoms with Crippen LogP contribution in [0.5, 0.6) is 0 Å². The molecule has 0 aliphatic rings. The van der Waals surface area contributed by atoms with E-state index in [1.807, 2.05) is 21.1 Å². The van der Waals surface area contributed by atoms with Crippen LogP contribution in [0.4, 0.5) is 0 Å². The van der Waals surface area contributed by atoms with Gasteiger partial charge in [0.2, 0.25) is 0 Å². The van der Waals surface area contributed by atoms with E-state index in [4.69, 9.17) is 18.5 Å². The van der Waals surface area contributed by atoms with Crippen LogP contribution >= 0.6 is 7.82 Å². The SMILES string of the molecule is CCCCCCC/C=C\C/C=C\CCCCCCCCCCCCCCCC(=O)OCC(COP(=O)([O-])OCC[N+](C)(C)C)OC(=O)CCCCCCCCCCCCCCC/C=C\C/C=C\CCCCCCC. The Labute approximate surface area is 458 Å². The van der Waals surface area contributed by atoms with Crippen molar-refractivity contribution in [3.05, 3.63) is 48.6 Å². The first kappa shape index (κ1) is 72.0. The number of carbonyl (C=O) groups is 2. The highest BCUT2D eigenvalue weighted by Gasteiger charge is 2.22. The number of hydrogen-bond acceptors (Lipinski definition) is 8. The molecular weight excluding hydrogens is 942 g/mol. The summed E-state index contributed by atoms with van der Waals surface area (Å²) in [5, 5.41) is 0. The first-order valence-electron chi connectivity index (χ1n) is 31.3. The maximum absolute atomic E-state index is 12.8. The predicted molar refractivity (Wildman–Crippen MR) is 314 cm³/mol. The number of allylic oxidation sites excluding steroid dienone is 8. The number of quaternary nitrogens is 1. The third-order valence-corrected chi connectivity index (χ3v) is 14.8. The van der Waals surface area contributed by atoms with E-state index in [1.54, 1.807) is 0 Å². The maximum atomic E-state index is 12.8. The van der Waals surface area contributed by atoms with Gasteiger partial charge in [0.1, 0.15) is 19.8 Å². The number of carbonyl (C=O) groups excluding carboxylic acids is 2. The molecule has 9 nitrogen and oxygen atoms in total. The highest BCUT2D eigenvalue weighted by Crippen LogP contribution is 2.38. The molecule has 0 rings (SSSR count). The van der Waals surface area contributed by atoms with E-state index >= 15 is 0 Å². The van der Waals surface area contributed by atoms with E-state index < -0.39 is 26.5 Å². The lowest BCUT2D eigenvalue weighted by Crippen LogP contribution is -2.37. The number of ether oxygens (including phenoxy) is 2.